The molecule has 0 aliphatic carbocycles. The number of carbonyl (C=O) groups is 1. The molecule has 2 rings (SSSR count). The number of hydrogen-bond donors (Lipinski definition) is 1. The van der Waals surface area contributed by atoms with E-state index in [9.17, 15) is 4.79 Å². The maximum absolute atomic E-state index is 12.7. The van der Waals surface area contributed by atoms with E-state index in [0.29, 0.717) is 11.7 Å². The van der Waals surface area contributed by atoms with Crippen LogP contribution in [0.15, 0.2) is 18.2 Å². The molecule has 0 saturated carbocycles. The Kier molecular flexibility index (Phi) is 5.17. The topological polar surface area (TPSA) is 48.5 Å². The first-order chi connectivity index (χ1) is 9.97. The van der Waals surface area contributed by atoms with Crippen molar-refractivity contribution in [3.05, 3.63) is 23.9 Å². The van der Waals surface area contributed by atoms with Crippen LogP contribution >= 0.6 is 0 Å². The van der Waals surface area contributed by atoms with Crippen molar-refractivity contribution in [3.8, 4) is 0 Å². The predicted molar refractivity (Wildman–Crippen MR) is 85.6 cm³/mol. The Morgan fingerprint density at radius 1 is 1.38 bits per heavy atom. The van der Waals surface area contributed by atoms with Crippen molar-refractivity contribution in [2.75, 3.05) is 32.0 Å². The smallest absolute Gasteiger partial charge is 0.272 e. The van der Waals surface area contributed by atoms with Gasteiger partial charge < -0.3 is 15.1 Å². The van der Waals surface area contributed by atoms with Crippen LogP contribution in [0.3, 0.4) is 0 Å². The van der Waals surface area contributed by atoms with Crippen molar-refractivity contribution in [3.63, 3.8) is 0 Å². The summed E-state index contributed by atoms with van der Waals surface area (Å²) in [5.41, 5.74) is 0.525. The van der Waals surface area contributed by atoms with Gasteiger partial charge >= 0.3 is 0 Å². The lowest BCUT2D eigenvalue weighted by Gasteiger charge is -2.27. The van der Waals surface area contributed by atoms with Gasteiger partial charge in [0.05, 0.1) is 0 Å². The molecular formula is C16H26N4O. The number of likely N-dealkylation sites (N-methyl/N-ethyl adjacent to an activating group) is 1. The van der Waals surface area contributed by atoms with E-state index in [0.717, 1.165) is 31.9 Å². The standard InChI is InChI=1S/C16H26N4O/c1-12(2)17-15-8-5-7-14(18-15)16(21)20-10-6-9-19(4)11-13(20)3/h5,7-8,12-13H,6,9-11H2,1-4H3,(H,17,18). The fourth-order valence-electron chi connectivity index (χ4n) is 2.75. The molecule has 5 nitrogen and oxygen atoms in total. The Labute approximate surface area is 127 Å². The van der Waals surface area contributed by atoms with Gasteiger partial charge in [-0.05, 0) is 52.9 Å². The number of rotatable bonds is 3. The SMILES string of the molecule is CC(C)Nc1cccc(C(=O)N2CCCN(C)CC2C)n1. The number of anilines is 1. The molecule has 1 aliphatic heterocycles. The molecule has 0 aromatic carbocycles. The average Bonchev–Trinajstić information content (AvgIpc) is 2.58. The quantitative estimate of drug-likeness (QED) is 0.926. The summed E-state index contributed by atoms with van der Waals surface area (Å²) in [6.07, 6.45) is 1.01. The van der Waals surface area contributed by atoms with E-state index in [1.54, 1.807) is 6.07 Å². The normalized spacial score (nSPS) is 20.4. The van der Waals surface area contributed by atoms with Gasteiger partial charge in [0.15, 0.2) is 0 Å². The molecule has 1 atom stereocenters. The van der Waals surface area contributed by atoms with Gasteiger partial charge in [-0.15, -0.1) is 0 Å². The van der Waals surface area contributed by atoms with Gasteiger partial charge in [0.25, 0.3) is 5.91 Å². The van der Waals surface area contributed by atoms with Gasteiger partial charge in [0, 0.05) is 25.2 Å². The molecule has 0 spiro atoms. The fourth-order valence-corrected chi connectivity index (χ4v) is 2.75. The predicted octanol–water partition coefficient (Wildman–Crippen LogP) is 2.07. The highest BCUT2D eigenvalue weighted by Gasteiger charge is 2.25. The van der Waals surface area contributed by atoms with Crippen molar-refractivity contribution in [2.45, 2.75) is 39.3 Å². The second-order valence-electron chi connectivity index (χ2n) is 6.17. The van der Waals surface area contributed by atoms with Gasteiger partial charge in [-0.25, -0.2) is 4.98 Å². The summed E-state index contributed by atoms with van der Waals surface area (Å²) in [5, 5.41) is 3.24. The van der Waals surface area contributed by atoms with Gasteiger partial charge in [-0.2, -0.15) is 0 Å². The maximum atomic E-state index is 12.7. The Balaban J connectivity index is 2.15. The van der Waals surface area contributed by atoms with Crippen molar-refractivity contribution < 1.29 is 4.79 Å². The molecule has 1 aromatic heterocycles. The fraction of sp³-hybridized carbons (Fsp3) is 0.625. The number of nitrogens with zero attached hydrogens (tertiary/aromatic N) is 3. The van der Waals surface area contributed by atoms with Crippen LogP contribution in [-0.4, -0.2) is 59.5 Å². The minimum Gasteiger partial charge on any atom is -0.368 e. The van der Waals surface area contributed by atoms with E-state index in [-0.39, 0.29) is 11.9 Å². The van der Waals surface area contributed by atoms with E-state index < -0.39 is 0 Å². The molecule has 1 unspecified atom stereocenters. The first kappa shape index (κ1) is 15.8. The molecule has 1 fully saturated rings. The largest absolute Gasteiger partial charge is 0.368 e. The Bertz CT molecular complexity index is 489. The summed E-state index contributed by atoms with van der Waals surface area (Å²) in [7, 11) is 2.11. The Hall–Kier alpha value is -1.62. The number of nitrogens with one attached hydrogen (secondary N) is 1. The molecule has 0 bridgehead atoms. The van der Waals surface area contributed by atoms with Crippen LogP contribution in [0, 0.1) is 0 Å². The molecule has 1 amide bonds. The second kappa shape index (κ2) is 6.89. The summed E-state index contributed by atoms with van der Waals surface area (Å²) in [5.74, 6) is 0.792. The molecule has 1 aromatic rings. The Morgan fingerprint density at radius 3 is 2.86 bits per heavy atom. The van der Waals surface area contributed by atoms with Crippen LogP contribution in [0.1, 0.15) is 37.7 Å². The van der Waals surface area contributed by atoms with Gasteiger partial charge in [0.1, 0.15) is 11.5 Å². The van der Waals surface area contributed by atoms with Crippen molar-refractivity contribution in [1.29, 1.82) is 0 Å². The van der Waals surface area contributed by atoms with E-state index in [1.807, 2.05) is 17.0 Å². The Morgan fingerprint density at radius 2 is 2.14 bits per heavy atom. The van der Waals surface area contributed by atoms with Crippen LogP contribution in [0.2, 0.25) is 0 Å². The third-order valence-electron chi connectivity index (χ3n) is 3.71. The van der Waals surface area contributed by atoms with Crippen LogP contribution in [0.4, 0.5) is 5.82 Å². The van der Waals surface area contributed by atoms with Crippen LogP contribution in [0.25, 0.3) is 0 Å². The summed E-state index contributed by atoms with van der Waals surface area (Å²) >= 11 is 0. The first-order valence-electron chi connectivity index (χ1n) is 7.70. The first-order valence-corrected chi connectivity index (χ1v) is 7.70. The zero-order valence-corrected chi connectivity index (χ0v) is 13.5. The third kappa shape index (κ3) is 4.17. The molecular weight excluding hydrogens is 264 g/mol. The number of pyridine rings is 1. The zero-order valence-electron chi connectivity index (χ0n) is 13.5. The van der Waals surface area contributed by atoms with Crippen molar-refractivity contribution >= 4 is 11.7 Å². The molecule has 1 aliphatic rings. The minimum atomic E-state index is 0.0326. The number of aromatic nitrogens is 1. The molecule has 2 heterocycles. The molecule has 0 radical (unpaired) electrons. The van der Waals surface area contributed by atoms with Crippen LogP contribution < -0.4 is 5.32 Å². The highest BCUT2D eigenvalue weighted by atomic mass is 16.2. The van der Waals surface area contributed by atoms with Crippen molar-refractivity contribution in [2.24, 2.45) is 0 Å². The lowest BCUT2D eigenvalue weighted by Crippen LogP contribution is -2.42. The summed E-state index contributed by atoms with van der Waals surface area (Å²) < 4.78 is 0. The average molecular weight is 290 g/mol. The highest BCUT2D eigenvalue weighted by Crippen LogP contribution is 2.14. The molecule has 21 heavy (non-hydrogen) atoms. The lowest BCUT2D eigenvalue weighted by atomic mass is 10.2. The lowest BCUT2D eigenvalue weighted by molar-refractivity contribution is 0.0690. The maximum Gasteiger partial charge on any atom is 0.272 e. The summed E-state index contributed by atoms with van der Waals surface area (Å²) in [6, 6.07) is 6.10. The van der Waals surface area contributed by atoms with Gasteiger partial charge in [0.2, 0.25) is 0 Å². The van der Waals surface area contributed by atoms with Crippen molar-refractivity contribution in [1.82, 2.24) is 14.8 Å². The summed E-state index contributed by atoms with van der Waals surface area (Å²) in [4.78, 5) is 21.4. The number of amides is 1. The monoisotopic (exact) mass is 290 g/mol. The van der Waals surface area contributed by atoms with Crippen LogP contribution in [-0.2, 0) is 0 Å². The number of hydrogen-bond acceptors (Lipinski definition) is 4. The second-order valence-corrected chi connectivity index (χ2v) is 6.17. The molecule has 1 N–H and O–H groups in total. The van der Waals surface area contributed by atoms with Crippen LogP contribution in [0.5, 0.6) is 0 Å². The van der Waals surface area contributed by atoms with E-state index in [1.165, 1.54) is 0 Å². The third-order valence-corrected chi connectivity index (χ3v) is 3.71. The molecule has 116 valence electrons. The van der Waals surface area contributed by atoms with E-state index in [2.05, 4.69) is 43.0 Å². The van der Waals surface area contributed by atoms with E-state index >= 15 is 0 Å². The summed E-state index contributed by atoms with van der Waals surface area (Å²) in [6.45, 7) is 8.97. The molecule has 1 saturated heterocycles. The van der Waals surface area contributed by atoms with E-state index in [4.69, 9.17) is 0 Å². The van der Waals surface area contributed by atoms with Gasteiger partial charge in [-0.1, -0.05) is 6.07 Å². The highest BCUT2D eigenvalue weighted by molar-refractivity contribution is 5.93. The zero-order chi connectivity index (χ0) is 15.4. The van der Waals surface area contributed by atoms with Gasteiger partial charge in [-0.3, -0.25) is 4.79 Å². The number of carbonyl (C=O) groups excluding carboxylic acids is 1. The minimum absolute atomic E-state index is 0.0326. The molecule has 5 heteroatoms.